The van der Waals surface area contributed by atoms with Gasteiger partial charge in [-0.15, -0.1) is 0 Å². The van der Waals surface area contributed by atoms with Crippen molar-refractivity contribution >= 4 is 11.8 Å². The SMILES string of the molecule is C=Cc1ccccc1C1(c2ccccc2C)c2ccccc2-c2ccc(-c3ccc(C(=C)NCc4ccccc4)cc3)cc21.CC.CCC(C)c1ccc(-c2cccc(C)c2)cc1. The lowest BCUT2D eigenvalue weighted by atomic mass is 9.65. The van der Waals surface area contributed by atoms with E-state index in [2.05, 4.69) is 234 Å². The van der Waals surface area contributed by atoms with E-state index in [1.165, 1.54) is 84.3 Å². The molecule has 314 valence electrons. The average molecular weight is 820 g/mol. The molecule has 0 saturated heterocycles. The van der Waals surface area contributed by atoms with Gasteiger partial charge in [0.15, 0.2) is 0 Å². The summed E-state index contributed by atoms with van der Waals surface area (Å²) in [5.41, 5.74) is 20.7. The van der Waals surface area contributed by atoms with Gasteiger partial charge in [0.2, 0.25) is 0 Å². The Labute approximate surface area is 377 Å². The van der Waals surface area contributed by atoms with Crippen molar-refractivity contribution in [1.29, 1.82) is 0 Å². The summed E-state index contributed by atoms with van der Waals surface area (Å²) >= 11 is 0. The third kappa shape index (κ3) is 9.16. The highest BCUT2D eigenvalue weighted by Gasteiger charge is 2.47. The van der Waals surface area contributed by atoms with Crippen molar-refractivity contribution < 1.29 is 0 Å². The zero-order chi connectivity index (χ0) is 44.3. The maximum atomic E-state index is 4.30. The van der Waals surface area contributed by atoms with Crippen LogP contribution in [0.25, 0.3) is 45.2 Å². The quantitative estimate of drug-likeness (QED) is 0.137. The Morgan fingerprint density at radius 2 is 1.13 bits per heavy atom. The molecule has 1 aliphatic rings. The Morgan fingerprint density at radius 1 is 0.556 bits per heavy atom. The zero-order valence-electron chi connectivity index (χ0n) is 38.0. The van der Waals surface area contributed by atoms with Crippen LogP contribution in [0, 0.1) is 13.8 Å². The third-order valence-electron chi connectivity index (χ3n) is 12.5. The molecular formula is C62H61N. The first kappa shape index (κ1) is 44.1. The van der Waals surface area contributed by atoms with Gasteiger partial charge in [0, 0.05) is 12.2 Å². The lowest BCUT2D eigenvalue weighted by Gasteiger charge is -2.36. The fourth-order valence-corrected chi connectivity index (χ4v) is 9.03. The van der Waals surface area contributed by atoms with Crippen LogP contribution in [0.5, 0.6) is 0 Å². The lowest BCUT2D eigenvalue weighted by molar-refractivity contribution is 0.734. The highest BCUT2D eigenvalue weighted by atomic mass is 14.9. The Balaban J connectivity index is 0.000000262. The summed E-state index contributed by atoms with van der Waals surface area (Å²) in [6.45, 7) is 22.2. The highest BCUT2D eigenvalue weighted by Crippen LogP contribution is 2.58. The molecule has 2 atom stereocenters. The topological polar surface area (TPSA) is 12.0 Å². The van der Waals surface area contributed by atoms with E-state index in [1.54, 1.807) is 0 Å². The average Bonchev–Trinajstić information content (AvgIpc) is 3.64. The molecule has 0 heterocycles. The van der Waals surface area contributed by atoms with Gasteiger partial charge < -0.3 is 5.32 Å². The standard InChI is InChI=1S/C43H35N.C17H20.C2H6/c1-4-33-17-9-12-20-40(33)43(39-19-11-8-14-30(39)2)41-21-13-10-18-37(41)38-27-26-36(28-42(38)43)35-24-22-34(23-25-35)31(3)44-29-32-15-6-5-7-16-32;1-4-14(3)15-8-10-16(11-9-15)17-7-5-6-13(2)12-17;1-2/h4-28,44H,1,3,29H2,2H3;5-12,14H,4H2,1-3H3;1-2H3. The normalized spacial score (nSPS) is 13.8. The third-order valence-corrected chi connectivity index (χ3v) is 12.5. The van der Waals surface area contributed by atoms with Crippen molar-refractivity contribution in [2.24, 2.45) is 0 Å². The van der Waals surface area contributed by atoms with Crippen LogP contribution in [0.4, 0.5) is 0 Å². The smallest absolute Gasteiger partial charge is 0.0722 e. The van der Waals surface area contributed by atoms with E-state index in [0.717, 1.165) is 23.4 Å². The van der Waals surface area contributed by atoms with Gasteiger partial charge in [-0.2, -0.15) is 0 Å². The molecule has 0 aromatic heterocycles. The van der Waals surface area contributed by atoms with Crippen molar-refractivity contribution in [2.45, 2.75) is 65.8 Å². The largest absolute Gasteiger partial charge is 0.381 e. The van der Waals surface area contributed by atoms with Crippen LogP contribution in [-0.2, 0) is 12.0 Å². The van der Waals surface area contributed by atoms with Gasteiger partial charge in [0.05, 0.1) is 5.41 Å². The van der Waals surface area contributed by atoms with E-state index in [0.29, 0.717) is 5.92 Å². The van der Waals surface area contributed by atoms with Gasteiger partial charge in [-0.25, -0.2) is 0 Å². The summed E-state index contributed by atoms with van der Waals surface area (Å²) in [7, 11) is 0. The molecule has 9 rings (SSSR count). The van der Waals surface area contributed by atoms with Crippen molar-refractivity contribution in [3.05, 3.63) is 263 Å². The van der Waals surface area contributed by atoms with Gasteiger partial charge in [-0.05, 0) is 116 Å². The minimum atomic E-state index is -0.479. The second-order valence-corrected chi connectivity index (χ2v) is 16.4. The summed E-state index contributed by atoms with van der Waals surface area (Å²) in [6.07, 6.45) is 3.20. The summed E-state index contributed by atoms with van der Waals surface area (Å²) in [4.78, 5) is 0. The van der Waals surface area contributed by atoms with E-state index < -0.39 is 5.41 Å². The minimum Gasteiger partial charge on any atom is -0.381 e. The first-order chi connectivity index (χ1) is 30.8. The number of fused-ring (bicyclic) bond motifs is 3. The maximum absolute atomic E-state index is 4.30. The molecule has 0 spiro atoms. The van der Waals surface area contributed by atoms with Crippen molar-refractivity contribution in [3.8, 4) is 33.4 Å². The fraction of sp³-hybridized carbons (Fsp3) is 0.161. The van der Waals surface area contributed by atoms with E-state index in [-0.39, 0.29) is 0 Å². The molecule has 0 bridgehead atoms. The van der Waals surface area contributed by atoms with E-state index in [9.17, 15) is 0 Å². The summed E-state index contributed by atoms with van der Waals surface area (Å²) < 4.78 is 0. The molecule has 1 N–H and O–H groups in total. The van der Waals surface area contributed by atoms with E-state index in [1.807, 2.05) is 26.0 Å². The van der Waals surface area contributed by atoms with Crippen LogP contribution < -0.4 is 5.32 Å². The van der Waals surface area contributed by atoms with Crippen molar-refractivity contribution in [3.63, 3.8) is 0 Å². The second-order valence-electron chi connectivity index (χ2n) is 16.4. The number of aryl methyl sites for hydroxylation is 2. The van der Waals surface area contributed by atoms with Crippen molar-refractivity contribution in [2.75, 3.05) is 0 Å². The number of benzene rings is 8. The van der Waals surface area contributed by atoms with Gasteiger partial charge >= 0.3 is 0 Å². The first-order valence-electron chi connectivity index (χ1n) is 22.6. The second kappa shape index (κ2) is 20.3. The fourth-order valence-electron chi connectivity index (χ4n) is 9.03. The predicted molar refractivity (Wildman–Crippen MR) is 273 cm³/mol. The van der Waals surface area contributed by atoms with Gasteiger partial charge in [-0.1, -0.05) is 241 Å². The summed E-state index contributed by atoms with van der Waals surface area (Å²) in [6, 6.07) is 70.3. The molecule has 0 aliphatic heterocycles. The molecule has 2 unspecified atom stereocenters. The van der Waals surface area contributed by atoms with Crippen LogP contribution >= 0.6 is 0 Å². The Kier molecular flexibility index (Phi) is 14.2. The molecule has 1 aliphatic carbocycles. The highest BCUT2D eigenvalue weighted by molar-refractivity contribution is 5.89. The van der Waals surface area contributed by atoms with Crippen molar-refractivity contribution in [1.82, 2.24) is 5.32 Å². The van der Waals surface area contributed by atoms with E-state index >= 15 is 0 Å². The summed E-state index contributed by atoms with van der Waals surface area (Å²) in [5, 5.41) is 3.48. The van der Waals surface area contributed by atoms with E-state index in [4.69, 9.17) is 0 Å². The Hall–Kier alpha value is -6.96. The molecule has 0 radical (unpaired) electrons. The Bertz CT molecular complexity index is 2790. The van der Waals surface area contributed by atoms with Crippen LogP contribution in [0.15, 0.2) is 207 Å². The molecule has 0 fully saturated rings. The Morgan fingerprint density at radius 3 is 1.79 bits per heavy atom. The molecule has 63 heavy (non-hydrogen) atoms. The van der Waals surface area contributed by atoms with Crippen LogP contribution in [0.1, 0.15) is 95.7 Å². The number of hydrogen-bond donors (Lipinski definition) is 1. The van der Waals surface area contributed by atoms with Crippen LogP contribution in [-0.4, -0.2) is 0 Å². The lowest BCUT2D eigenvalue weighted by Crippen LogP contribution is -2.30. The van der Waals surface area contributed by atoms with Gasteiger partial charge in [0.1, 0.15) is 0 Å². The molecule has 1 nitrogen and oxygen atoms in total. The van der Waals surface area contributed by atoms with Gasteiger partial charge in [-0.3, -0.25) is 0 Å². The van der Waals surface area contributed by atoms with Gasteiger partial charge in [0.25, 0.3) is 0 Å². The molecule has 8 aromatic rings. The maximum Gasteiger partial charge on any atom is 0.0722 e. The predicted octanol–water partition coefficient (Wildman–Crippen LogP) is 16.6. The summed E-state index contributed by atoms with van der Waals surface area (Å²) in [5.74, 6) is 0.654. The van der Waals surface area contributed by atoms with Crippen LogP contribution in [0.2, 0.25) is 0 Å². The number of rotatable bonds is 11. The molecule has 1 heteroatoms. The number of hydrogen-bond acceptors (Lipinski definition) is 1. The zero-order valence-corrected chi connectivity index (χ0v) is 38.0. The first-order valence-corrected chi connectivity index (χ1v) is 22.6. The molecule has 8 aromatic carbocycles. The monoisotopic (exact) mass is 819 g/mol. The minimum absolute atomic E-state index is 0.479. The molecular weight excluding hydrogens is 759 g/mol. The van der Waals surface area contributed by atoms with Crippen LogP contribution in [0.3, 0.4) is 0 Å². The molecule has 0 amide bonds. The molecule has 0 saturated carbocycles. The number of nitrogens with one attached hydrogen (secondary N) is 1.